The highest BCUT2D eigenvalue weighted by Gasteiger charge is 2.45. The zero-order chi connectivity index (χ0) is 16.4. The van der Waals surface area contributed by atoms with E-state index in [0.29, 0.717) is 6.54 Å². The Morgan fingerprint density at radius 1 is 1.39 bits per heavy atom. The van der Waals surface area contributed by atoms with Crippen LogP contribution in [0.4, 0.5) is 0 Å². The second-order valence-electron chi connectivity index (χ2n) is 6.70. The Labute approximate surface area is 136 Å². The highest BCUT2D eigenvalue weighted by atomic mass is 16.5. The van der Waals surface area contributed by atoms with Gasteiger partial charge in [0, 0.05) is 24.1 Å². The molecule has 1 saturated carbocycles. The molecule has 1 aromatic heterocycles. The molecule has 1 aromatic carbocycles. The van der Waals surface area contributed by atoms with Gasteiger partial charge in [-0.25, -0.2) is 0 Å². The molecule has 122 valence electrons. The second kappa shape index (κ2) is 6.16. The number of nitrogens with two attached hydrogens (primary N) is 1. The Balaban J connectivity index is 1.61. The summed E-state index contributed by atoms with van der Waals surface area (Å²) < 4.78 is 5.13. The van der Waals surface area contributed by atoms with E-state index in [9.17, 15) is 4.79 Å². The molecule has 1 fully saturated rings. The minimum atomic E-state index is -0.201. The van der Waals surface area contributed by atoms with Crippen molar-refractivity contribution in [3.63, 3.8) is 0 Å². The molecule has 0 bridgehead atoms. The van der Waals surface area contributed by atoms with Gasteiger partial charge in [0.05, 0.1) is 5.69 Å². The lowest BCUT2D eigenvalue weighted by molar-refractivity contribution is 0.0829. The number of aromatic nitrogens is 1. The first kappa shape index (κ1) is 15.7. The quantitative estimate of drug-likeness (QED) is 0.889. The lowest BCUT2D eigenvalue weighted by Crippen LogP contribution is -2.56. The molecule has 0 spiro atoms. The van der Waals surface area contributed by atoms with E-state index in [4.69, 9.17) is 10.3 Å². The normalized spacial score (nSPS) is 23.6. The minimum Gasteiger partial charge on any atom is -0.351 e. The first-order chi connectivity index (χ1) is 11.0. The predicted octanol–water partition coefficient (Wildman–Crippen LogP) is 2.59. The second-order valence-corrected chi connectivity index (χ2v) is 6.70. The summed E-state index contributed by atoms with van der Waals surface area (Å²) in [6.07, 6.45) is 1.70. The zero-order valence-corrected chi connectivity index (χ0v) is 13.6. The van der Waals surface area contributed by atoms with Crippen molar-refractivity contribution in [3.8, 4) is 0 Å². The van der Waals surface area contributed by atoms with Crippen molar-refractivity contribution >= 4 is 5.91 Å². The number of rotatable bonds is 5. The van der Waals surface area contributed by atoms with E-state index >= 15 is 0 Å². The fraction of sp³-hybridized carbons (Fsp3) is 0.444. The van der Waals surface area contributed by atoms with E-state index in [1.165, 1.54) is 5.56 Å². The molecular weight excluding hydrogens is 290 g/mol. The number of benzene rings is 1. The first-order valence-corrected chi connectivity index (χ1v) is 8.07. The minimum absolute atomic E-state index is 0.0241. The van der Waals surface area contributed by atoms with Crippen LogP contribution < -0.4 is 11.1 Å². The molecule has 3 rings (SSSR count). The lowest BCUT2D eigenvalue weighted by atomic mass is 9.61. The van der Waals surface area contributed by atoms with Gasteiger partial charge in [-0.05, 0) is 24.3 Å². The van der Waals surface area contributed by atoms with Crippen molar-refractivity contribution in [3.05, 3.63) is 53.4 Å². The Morgan fingerprint density at radius 3 is 2.65 bits per heavy atom. The maximum Gasteiger partial charge on any atom is 0.290 e. The topological polar surface area (TPSA) is 81.2 Å². The Kier molecular flexibility index (Phi) is 4.22. The summed E-state index contributed by atoms with van der Waals surface area (Å²) in [5.41, 5.74) is 8.02. The van der Waals surface area contributed by atoms with Crippen molar-refractivity contribution in [1.82, 2.24) is 10.5 Å². The molecule has 3 N–H and O–H groups in total. The van der Waals surface area contributed by atoms with E-state index in [1.807, 2.05) is 32.0 Å². The van der Waals surface area contributed by atoms with Crippen LogP contribution in [-0.2, 0) is 5.41 Å². The van der Waals surface area contributed by atoms with Gasteiger partial charge in [-0.2, -0.15) is 0 Å². The third-order valence-corrected chi connectivity index (χ3v) is 4.73. The number of nitrogens with one attached hydrogen (secondary N) is 1. The van der Waals surface area contributed by atoms with E-state index in [2.05, 4.69) is 22.6 Å². The Morgan fingerprint density at radius 2 is 2.09 bits per heavy atom. The SMILES string of the molecule is CC(C)c1cc(C(=O)NC2CC(CN)(c3ccccc3)C2)on1. The molecule has 1 amide bonds. The molecule has 1 aliphatic rings. The molecule has 5 nitrogen and oxygen atoms in total. The van der Waals surface area contributed by atoms with Crippen LogP contribution in [0.5, 0.6) is 0 Å². The molecular formula is C18H23N3O2. The van der Waals surface area contributed by atoms with E-state index in [1.54, 1.807) is 6.07 Å². The van der Waals surface area contributed by atoms with Gasteiger partial charge < -0.3 is 15.6 Å². The van der Waals surface area contributed by atoms with Gasteiger partial charge in [0.25, 0.3) is 5.91 Å². The van der Waals surface area contributed by atoms with Crippen LogP contribution in [0.15, 0.2) is 40.9 Å². The molecule has 1 heterocycles. The van der Waals surface area contributed by atoms with E-state index in [-0.39, 0.29) is 29.0 Å². The maximum absolute atomic E-state index is 12.2. The highest BCUT2D eigenvalue weighted by molar-refractivity contribution is 5.91. The largest absolute Gasteiger partial charge is 0.351 e. The third kappa shape index (κ3) is 3.01. The fourth-order valence-corrected chi connectivity index (χ4v) is 3.22. The van der Waals surface area contributed by atoms with Gasteiger partial charge in [0.15, 0.2) is 0 Å². The van der Waals surface area contributed by atoms with Crippen molar-refractivity contribution in [2.45, 2.75) is 44.1 Å². The molecule has 23 heavy (non-hydrogen) atoms. The van der Waals surface area contributed by atoms with E-state index in [0.717, 1.165) is 18.5 Å². The van der Waals surface area contributed by atoms with Crippen molar-refractivity contribution in [1.29, 1.82) is 0 Å². The summed E-state index contributed by atoms with van der Waals surface area (Å²) in [6.45, 7) is 4.62. The number of amides is 1. The average molecular weight is 313 g/mol. The van der Waals surface area contributed by atoms with Crippen molar-refractivity contribution < 1.29 is 9.32 Å². The van der Waals surface area contributed by atoms with Crippen LogP contribution in [0, 0.1) is 0 Å². The van der Waals surface area contributed by atoms with Crippen LogP contribution in [0.1, 0.15) is 54.4 Å². The van der Waals surface area contributed by atoms with Crippen molar-refractivity contribution in [2.75, 3.05) is 6.54 Å². The van der Waals surface area contributed by atoms with Crippen molar-refractivity contribution in [2.24, 2.45) is 5.73 Å². The molecule has 0 radical (unpaired) electrons. The lowest BCUT2D eigenvalue weighted by Gasteiger charge is -2.47. The number of carbonyl (C=O) groups is 1. The number of hydrogen-bond donors (Lipinski definition) is 2. The van der Waals surface area contributed by atoms with Crippen LogP contribution in [0.25, 0.3) is 0 Å². The van der Waals surface area contributed by atoms with Crippen LogP contribution in [-0.4, -0.2) is 23.7 Å². The van der Waals surface area contributed by atoms with Gasteiger partial charge in [-0.1, -0.05) is 49.3 Å². The van der Waals surface area contributed by atoms with Gasteiger partial charge in [0.1, 0.15) is 0 Å². The van der Waals surface area contributed by atoms with Crippen LogP contribution in [0.3, 0.4) is 0 Å². The summed E-state index contributed by atoms with van der Waals surface area (Å²) in [6, 6.07) is 12.1. The third-order valence-electron chi connectivity index (χ3n) is 4.73. The Bertz CT molecular complexity index is 673. The first-order valence-electron chi connectivity index (χ1n) is 8.07. The molecule has 0 atom stereocenters. The van der Waals surface area contributed by atoms with Gasteiger partial charge in [0.2, 0.25) is 5.76 Å². The monoisotopic (exact) mass is 313 g/mol. The smallest absolute Gasteiger partial charge is 0.290 e. The van der Waals surface area contributed by atoms with E-state index < -0.39 is 0 Å². The summed E-state index contributed by atoms with van der Waals surface area (Å²) in [5, 5.41) is 6.94. The summed E-state index contributed by atoms with van der Waals surface area (Å²) in [5.74, 6) is 0.318. The predicted molar refractivity (Wildman–Crippen MR) is 88.3 cm³/mol. The molecule has 1 aliphatic carbocycles. The molecule has 0 aliphatic heterocycles. The summed E-state index contributed by atoms with van der Waals surface area (Å²) in [4.78, 5) is 12.2. The summed E-state index contributed by atoms with van der Waals surface area (Å²) >= 11 is 0. The number of nitrogens with zero attached hydrogens (tertiary/aromatic N) is 1. The number of carbonyl (C=O) groups excluding carboxylic acids is 1. The average Bonchev–Trinajstić information content (AvgIpc) is 3.01. The molecule has 0 unspecified atom stereocenters. The Hall–Kier alpha value is -2.14. The van der Waals surface area contributed by atoms with Gasteiger partial charge >= 0.3 is 0 Å². The fourth-order valence-electron chi connectivity index (χ4n) is 3.22. The number of hydrogen-bond acceptors (Lipinski definition) is 4. The highest BCUT2D eigenvalue weighted by Crippen LogP contribution is 2.43. The molecule has 2 aromatic rings. The summed E-state index contributed by atoms with van der Waals surface area (Å²) in [7, 11) is 0. The van der Waals surface area contributed by atoms with Gasteiger partial charge in [-0.3, -0.25) is 4.79 Å². The van der Waals surface area contributed by atoms with Crippen LogP contribution in [0.2, 0.25) is 0 Å². The molecule has 5 heteroatoms. The van der Waals surface area contributed by atoms with Gasteiger partial charge in [-0.15, -0.1) is 0 Å². The standard InChI is InChI=1S/C18H23N3O2/c1-12(2)15-8-16(23-21-15)17(22)20-14-9-18(10-14,11-19)13-6-4-3-5-7-13/h3-8,12,14H,9-11,19H2,1-2H3,(H,20,22). The molecule has 0 saturated heterocycles. The zero-order valence-electron chi connectivity index (χ0n) is 13.6. The van der Waals surface area contributed by atoms with Crippen LogP contribution >= 0.6 is 0 Å². The maximum atomic E-state index is 12.2.